The maximum absolute atomic E-state index is 13.2. The lowest BCUT2D eigenvalue weighted by molar-refractivity contribution is -0.139. The van der Waals surface area contributed by atoms with Crippen LogP contribution in [-0.4, -0.2) is 48.0 Å². The number of piperidine rings is 1. The highest BCUT2D eigenvalue weighted by molar-refractivity contribution is 5.79. The molecular weight excluding hydrogens is 324 g/mol. The molecule has 142 valence electrons. The molecule has 0 N–H and O–H groups in total. The van der Waals surface area contributed by atoms with Gasteiger partial charge in [0, 0.05) is 25.2 Å². The summed E-state index contributed by atoms with van der Waals surface area (Å²) in [6, 6.07) is 9.38. The first-order valence-corrected chi connectivity index (χ1v) is 10.4. The fraction of sp³-hybridized carbons (Fsp3) is 0.682. The SMILES string of the molecule is COc1ccc(CN(CC(=O)N2CCCC3CCCCC32)C2CC2)cc1. The van der Waals surface area contributed by atoms with Gasteiger partial charge in [-0.3, -0.25) is 9.69 Å². The summed E-state index contributed by atoms with van der Waals surface area (Å²) < 4.78 is 5.25. The summed E-state index contributed by atoms with van der Waals surface area (Å²) >= 11 is 0. The highest BCUT2D eigenvalue weighted by atomic mass is 16.5. The molecule has 1 aliphatic heterocycles. The number of ether oxygens (including phenoxy) is 1. The maximum atomic E-state index is 13.2. The van der Waals surface area contributed by atoms with Crippen molar-refractivity contribution in [3.05, 3.63) is 29.8 Å². The maximum Gasteiger partial charge on any atom is 0.237 e. The molecule has 1 saturated heterocycles. The number of carbonyl (C=O) groups is 1. The van der Waals surface area contributed by atoms with Crippen LogP contribution in [0.1, 0.15) is 56.9 Å². The van der Waals surface area contributed by atoms with Crippen LogP contribution in [0.15, 0.2) is 24.3 Å². The summed E-state index contributed by atoms with van der Waals surface area (Å²) in [6.07, 6.45) is 10.2. The molecule has 3 aliphatic rings. The number of rotatable bonds is 6. The smallest absolute Gasteiger partial charge is 0.237 e. The fourth-order valence-electron chi connectivity index (χ4n) is 4.92. The fourth-order valence-corrected chi connectivity index (χ4v) is 4.92. The monoisotopic (exact) mass is 356 g/mol. The largest absolute Gasteiger partial charge is 0.497 e. The van der Waals surface area contributed by atoms with E-state index in [2.05, 4.69) is 21.9 Å². The number of hydrogen-bond donors (Lipinski definition) is 0. The second kappa shape index (κ2) is 7.99. The summed E-state index contributed by atoms with van der Waals surface area (Å²) in [6.45, 7) is 2.42. The molecule has 1 aromatic rings. The van der Waals surface area contributed by atoms with Gasteiger partial charge in [-0.15, -0.1) is 0 Å². The predicted octanol–water partition coefficient (Wildman–Crippen LogP) is 3.84. The first-order valence-electron chi connectivity index (χ1n) is 10.4. The van der Waals surface area contributed by atoms with Crippen molar-refractivity contribution in [3.8, 4) is 5.75 Å². The first kappa shape index (κ1) is 17.8. The molecule has 1 heterocycles. The summed E-state index contributed by atoms with van der Waals surface area (Å²) in [5.41, 5.74) is 1.26. The molecule has 26 heavy (non-hydrogen) atoms. The van der Waals surface area contributed by atoms with E-state index in [4.69, 9.17) is 4.74 Å². The molecule has 1 aromatic carbocycles. The molecule has 2 atom stereocenters. The molecule has 3 fully saturated rings. The van der Waals surface area contributed by atoms with Crippen LogP contribution in [0.25, 0.3) is 0 Å². The van der Waals surface area contributed by atoms with Crippen molar-refractivity contribution in [2.75, 3.05) is 20.2 Å². The molecule has 2 aliphatic carbocycles. The first-order chi connectivity index (χ1) is 12.7. The number of likely N-dealkylation sites (tertiary alicyclic amines) is 1. The van der Waals surface area contributed by atoms with Gasteiger partial charge in [-0.25, -0.2) is 0 Å². The van der Waals surface area contributed by atoms with Crippen molar-refractivity contribution in [2.45, 2.75) is 70.0 Å². The van der Waals surface area contributed by atoms with Crippen molar-refractivity contribution in [3.63, 3.8) is 0 Å². The Hall–Kier alpha value is -1.55. The van der Waals surface area contributed by atoms with Crippen LogP contribution in [-0.2, 0) is 11.3 Å². The van der Waals surface area contributed by atoms with E-state index in [0.29, 0.717) is 24.5 Å². The quantitative estimate of drug-likeness (QED) is 0.776. The zero-order chi connectivity index (χ0) is 17.9. The van der Waals surface area contributed by atoms with E-state index in [1.54, 1.807) is 7.11 Å². The van der Waals surface area contributed by atoms with E-state index in [1.807, 2.05) is 12.1 Å². The Labute approximate surface area is 157 Å². The summed E-state index contributed by atoms with van der Waals surface area (Å²) in [5, 5.41) is 0. The zero-order valence-electron chi connectivity index (χ0n) is 16.0. The molecule has 2 saturated carbocycles. The van der Waals surface area contributed by atoms with Gasteiger partial charge in [0.25, 0.3) is 0 Å². The average molecular weight is 357 g/mol. The van der Waals surface area contributed by atoms with Gasteiger partial charge in [0.2, 0.25) is 5.91 Å². The van der Waals surface area contributed by atoms with Crippen LogP contribution < -0.4 is 4.74 Å². The minimum atomic E-state index is 0.363. The van der Waals surface area contributed by atoms with Crippen LogP contribution in [0.2, 0.25) is 0 Å². The molecule has 0 spiro atoms. The molecule has 4 nitrogen and oxygen atoms in total. The minimum absolute atomic E-state index is 0.363. The van der Waals surface area contributed by atoms with Crippen molar-refractivity contribution in [1.29, 1.82) is 0 Å². The molecule has 0 aromatic heterocycles. The van der Waals surface area contributed by atoms with Gasteiger partial charge in [0.15, 0.2) is 0 Å². The van der Waals surface area contributed by atoms with E-state index < -0.39 is 0 Å². The number of amides is 1. The number of benzene rings is 1. The van der Waals surface area contributed by atoms with Crippen molar-refractivity contribution in [1.82, 2.24) is 9.80 Å². The third-order valence-electron chi connectivity index (χ3n) is 6.51. The molecule has 4 heteroatoms. The van der Waals surface area contributed by atoms with Gasteiger partial charge in [-0.05, 0) is 62.1 Å². The van der Waals surface area contributed by atoms with E-state index in [-0.39, 0.29) is 0 Å². The van der Waals surface area contributed by atoms with Gasteiger partial charge in [-0.1, -0.05) is 25.0 Å². The van der Waals surface area contributed by atoms with Crippen molar-refractivity contribution >= 4 is 5.91 Å². The third kappa shape index (κ3) is 4.06. The van der Waals surface area contributed by atoms with Gasteiger partial charge >= 0.3 is 0 Å². The van der Waals surface area contributed by atoms with Crippen molar-refractivity contribution < 1.29 is 9.53 Å². The highest BCUT2D eigenvalue weighted by Gasteiger charge is 2.37. The lowest BCUT2D eigenvalue weighted by Crippen LogP contribution is -2.52. The van der Waals surface area contributed by atoms with Gasteiger partial charge in [-0.2, -0.15) is 0 Å². The Morgan fingerprint density at radius 1 is 1.08 bits per heavy atom. The van der Waals surface area contributed by atoms with Gasteiger partial charge in [0.1, 0.15) is 5.75 Å². The van der Waals surface area contributed by atoms with Crippen LogP contribution in [0.5, 0.6) is 5.75 Å². The minimum Gasteiger partial charge on any atom is -0.497 e. The molecule has 0 radical (unpaired) electrons. The van der Waals surface area contributed by atoms with Crippen LogP contribution >= 0.6 is 0 Å². The van der Waals surface area contributed by atoms with Crippen LogP contribution in [0.4, 0.5) is 0 Å². The van der Waals surface area contributed by atoms with E-state index in [0.717, 1.165) is 24.8 Å². The van der Waals surface area contributed by atoms with Gasteiger partial charge < -0.3 is 9.64 Å². The summed E-state index contributed by atoms with van der Waals surface area (Å²) in [7, 11) is 1.70. The van der Waals surface area contributed by atoms with Crippen LogP contribution in [0, 0.1) is 5.92 Å². The zero-order valence-corrected chi connectivity index (χ0v) is 16.0. The standard InChI is InChI=1S/C22H32N2O2/c1-26-20-12-8-17(9-13-20)15-23(19-10-11-19)16-22(25)24-14-4-6-18-5-2-3-7-21(18)24/h8-9,12-13,18-19,21H,2-7,10-11,14-16H2,1H3. The second-order valence-corrected chi connectivity index (χ2v) is 8.33. The Morgan fingerprint density at radius 2 is 1.81 bits per heavy atom. The number of methoxy groups -OCH3 is 1. The normalized spacial score (nSPS) is 25.8. The predicted molar refractivity (Wildman–Crippen MR) is 103 cm³/mol. The number of hydrogen-bond acceptors (Lipinski definition) is 3. The lowest BCUT2D eigenvalue weighted by Gasteiger charge is -2.44. The average Bonchev–Trinajstić information content (AvgIpc) is 3.53. The van der Waals surface area contributed by atoms with Crippen molar-refractivity contribution in [2.24, 2.45) is 5.92 Å². The number of nitrogens with zero attached hydrogens (tertiary/aromatic N) is 2. The number of carbonyl (C=O) groups excluding carboxylic acids is 1. The molecule has 4 rings (SSSR count). The lowest BCUT2D eigenvalue weighted by atomic mass is 9.78. The Kier molecular flexibility index (Phi) is 5.49. The summed E-state index contributed by atoms with van der Waals surface area (Å²) in [4.78, 5) is 17.8. The third-order valence-corrected chi connectivity index (χ3v) is 6.51. The van der Waals surface area contributed by atoms with E-state index in [1.165, 1.54) is 56.9 Å². The number of fused-ring (bicyclic) bond motifs is 1. The molecule has 1 amide bonds. The molecule has 2 unspecified atom stereocenters. The molecular formula is C22H32N2O2. The topological polar surface area (TPSA) is 32.8 Å². The Balaban J connectivity index is 1.40. The Morgan fingerprint density at radius 3 is 2.54 bits per heavy atom. The van der Waals surface area contributed by atoms with E-state index >= 15 is 0 Å². The van der Waals surface area contributed by atoms with Gasteiger partial charge in [0.05, 0.1) is 13.7 Å². The second-order valence-electron chi connectivity index (χ2n) is 8.33. The summed E-state index contributed by atoms with van der Waals surface area (Å²) in [5.74, 6) is 2.01. The molecule has 0 bridgehead atoms. The van der Waals surface area contributed by atoms with Crippen LogP contribution in [0.3, 0.4) is 0 Å². The van der Waals surface area contributed by atoms with E-state index in [9.17, 15) is 4.79 Å². The Bertz CT molecular complexity index is 609. The highest BCUT2D eigenvalue weighted by Crippen LogP contribution is 2.36.